The number of nitrogens with one attached hydrogen (secondary N) is 1. The highest BCUT2D eigenvalue weighted by Crippen LogP contribution is 2.32. The highest BCUT2D eigenvalue weighted by molar-refractivity contribution is 7.18. The average molecular weight is 299 g/mol. The van der Waals surface area contributed by atoms with Gasteiger partial charge in [-0.05, 0) is 25.5 Å². The number of methoxy groups -OCH3 is 1. The Morgan fingerprint density at radius 2 is 2.00 bits per heavy atom. The summed E-state index contributed by atoms with van der Waals surface area (Å²) in [4.78, 5) is 11.1. The molecule has 21 heavy (non-hydrogen) atoms. The van der Waals surface area contributed by atoms with Crippen LogP contribution in [0.3, 0.4) is 0 Å². The van der Waals surface area contributed by atoms with Gasteiger partial charge in [0.15, 0.2) is 0 Å². The predicted molar refractivity (Wildman–Crippen MR) is 87.2 cm³/mol. The number of para-hydroxylation sites is 1. The summed E-state index contributed by atoms with van der Waals surface area (Å²) < 4.78 is 5.38. The molecular weight excluding hydrogens is 282 g/mol. The highest BCUT2D eigenvalue weighted by Gasteiger charge is 2.12. The largest absolute Gasteiger partial charge is 0.496 e. The Bertz CT molecular complexity index is 782. The van der Waals surface area contributed by atoms with Crippen molar-refractivity contribution in [3.8, 4) is 5.75 Å². The molecule has 108 valence electrons. The van der Waals surface area contributed by atoms with Crippen molar-refractivity contribution in [1.29, 1.82) is 0 Å². The number of benzene rings is 1. The summed E-state index contributed by atoms with van der Waals surface area (Å²) in [5.74, 6) is 1.77. The lowest BCUT2D eigenvalue weighted by Crippen LogP contribution is -2.04. The van der Waals surface area contributed by atoms with Crippen molar-refractivity contribution < 1.29 is 4.74 Å². The van der Waals surface area contributed by atoms with Crippen molar-refractivity contribution >= 4 is 27.4 Å². The fourth-order valence-corrected chi connectivity index (χ4v) is 3.34. The topological polar surface area (TPSA) is 47.0 Å². The number of fused-ring (bicyclic) bond motifs is 1. The van der Waals surface area contributed by atoms with Gasteiger partial charge in [-0.25, -0.2) is 9.97 Å². The third kappa shape index (κ3) is 2.56. The molecule has 5 heteroatoms. The maximum Gasteiger partial charge on any atom is 0.138 e. The molecule has 0 aliphatic heterocycles. The summed E-state index contributed by atoms with van der Waals surface area (Å²) in [5.41, 5.74) is 2.36. The van der Waals surface area contributed by atoms with Gasteiger partial charge in [-0.3, -0.25) is 0 Å². The van der Waals surface area contributed by atoms with E-state index in [0.29, 0.717) is 6.54 Å². The Balaban J connectivity index is 1.92. The van der Waals surface area contributed by atoms with Crippen LogP contribution in [0.5, 0.6) is 5.75 Å². The van der Waals surface area contributed by atoms with E-state index in [0.717, 1.165) is 27.3 Å². The van der Waals surface area contributed by atoms with Gasteiger partial charge < -0.3 is 10.1 Å². The molecule has 0 atom stereocenters. The van der Waals surface area contributed by atoms with Crippen LogP contribution in [0.1, 0.15) is 16.0 Å². The van der Waals surface area contributed by atoms with Gasteiger partial charge in [0.25, 0.3) is 0 Å². The van der Waals surface area contributed by atoms with Gasteiger partial charge >= 0.3 is 0 Å². The molecule has 0 saturated heterocycles. The van der Waals surface area contributed by atoms with Crippen LogP contribution in [0.25, 0.3) is 10.2 Å². The first-order chi connectivity index (χ1) is 10.2. The molecule has 0 spiro atoms. The minimum atomic E-state index is 0.671. The van der Waals surface area contributed by atoms with Crippen LogP contribution in [0.4, 0.5) is 5.82 Å². The number of hydrogen-bond donors (Lipinski definition) is 1. The van der Waals surface area contributed by atoms with Gasteiger partial charge in [0, 0.05) is 17.0 Å². The quantitative estimate of drug-likeness (QED) is 0.793. The maximum atomic E-state index is 5.38. The summed E-state index contributed by atoms with van der Waals surface area (Å²) >= 11 is 1.71. The first-order valence-corrected chi connectivity index (χ1v) is 7.59. The van der Waals surface area contributed by atoms with E-state index < -0.39 is 0 Å². The molecule has 0 unspecified atom stereocenters. The van der Waals surface area contributed by atoms with Crippen molar-refractivity contribution in [2.24, 2.45) is 0 Å². The van der Waals surface area contributed by atoms with E-state index in [2.05, 4.69) is 35.2 Å². The molecule has 0 aliphatic carbocycles. The lowest BCUT2D eigenvalue weighted by molar-refractivity contribution is 0.410. The molecule has 0 amide bonds. The van der Waals surface area contributed by atoms with E-state index in [1.807, 2.05) is 18.2 Å². The Labute approximate surface area is 127 Å². The summed E-state index contributed by atoms with van der Waals surface area (Å²) in [5, 5.41) is 4.53. The second-order valence-electron chi connectivity index (χ2n) is 4.85. The third-order valence-electron chi connectivity index (χ3n) is 3.60. The molecule has 0 fully saturated rings. The van der Waals surface area contributed by atoms with E-state index >= 15 is 0 Å². The Kier molecular flexibility index (Phi) is 3.75. The summed E-state index contributed by atoms with van der Waals surface area (Å²) in [6.07, 6.45) is 1.61. The van der Waals surface area contributed by atoms with Crippen LogP contribution in [0, 0.1) is 13.8 Å². The zero-order valence-electron chi connectivity index (χ0n) is 12.3. The Morgan fingerprint density at radius 1 is 1.19 bits per heavy atom. The van der Waals surface area contributed by atoms with Crippen LogP contribution >= 0.6 is 11.3 Å². The first-order valence-electron chi connectivity index (χ1n) is 6.77. The number of rotatable bonds is 4. The summed E-state index contributed by atoms with van der Waals surface area (Å²) in [7, 11) is 1.69. The zero-order chi connectivity index (χ0) is 14.8. The van der Waals surface area contributed by atoms with Crippen LogP contribution in [-0.2, 0) is 6.54 Å². The van der Waals surface area contributed by atoms with E-state index in [1.165, 1.54) is 10.4 Å². The normalized spacial score (nSPS) is 10.8. The van der Waals surface area contributed by atoms with Crippen molar-refractivity contribution in [2.75, 3.05) is 12.4 Å². The second kappa shape index (κ2) is 5.69. The molecular formula is C16H17N3OS. The molecule has 1 aromatic carbocycles. The molecule has 4 nitrogen and oxygen atoms in total. The van der Waals surface area contributed by atoms with E-state index in [9.17, 15) is 0 Å². The van der Waals surface area contributed by atoms with Crippen molar-refractivity contribution in [1.82, 2.24) is 9.97 Å². The first kappa shape index (κ1) is 13.8. The number of hydrogen-bond acceptors (Lipinski definition) is 5. The van der Waals surface area contributed by atoms with E-state index in [1.54, 1.807) is 24.8 Å². The SMILES string of the molecule is COc1ccccc1CNc1ncnc2sc(C)c(C)c12. The van der Waals surface area contributed by atoms with Crippen LogP contribution in [0.2, 0.25) is 0 Å². The molecule has 0 aliphatic rings. The fourth-order valence-electron chi connectivity index (χ4n) is 2.34. The molecule has 0 radical (unpaired) electrons. The minimum absolute atomic E-state index is 0.671. The standard InChI is InChI=1S/C16H17N3OS/c1-10-11(2)21-16-14(10)15(18-9-19-16)17-8-12-6-4-5-7-13(12)20-3/h4-7,9H,8H2,1-3H3,(H,17,18,19). The van der Waals surface area contributed by atoms with Gasteiger partial charge in [0.05, 0.1) is 12.5 Å². The fraction of sp³-hybridized carbons (Fsp3) is 0.250. The van der Waals surface area contributed by atoms with E-state index in [4.69, 9.17) is 4.74 Å². The number of nitrogens with zero attached hydrogens (tertiary/aromatic N) is 2. The Hall–Kier alpha value is -2.14. The van der Waals surface area contributed by atoms with Crippen LogP contribution in [-0.4, -0.2) is 17.1 Å². The lowest BCUT2D eigenvalue weighted by atomic mass is 10.2. The number of ether oxygens (including phenoxy) is 1. The summed E-state index contributed by atoms with van der Waals surface area (Å²) in [6.45, 7) is 4.90. The molecule has 3 aromatic rings. The van der Waals surface area contributed by atoms with Gasteiger partial charge in [-0.2, -0.15) is 0 Å². The summed E-state index contributed by atoms with van der Waals surface area (Å²) in [6, 6.07) is 8.00. The third-order valence-corrected chi connectivity index (χ3v) is 4.72. The number of aromatic nitrogens is 2. The molecule has 1 N–H and O–H groups in total. The molecule has 2 aromatic heterocycles. The van der Waals surface area contributed by atoms with Crippen molar-refractivity contribution in [3.63, 3.8) is 0 Å². The van der Waals surface area contributed by atoms with Gasteiger partial charge in [0.2, 0.25) is 0 Å². The molecule has 0 bridgehead atoms. The smallest absolute Gasteiger partial charge is 0.138 e. The maximum absolute atomic E-state index is 5.38. The molecule has 2 heterocycles. The van der Waals surface area contributed by atoms with Gasteiger partial charge in [-0.1, -0.05) is 18.2 Å². The predicted octanol–water partition coefficient (Wildman–Crippen LogP) is 3.93. The second-order valence-corrected chi connectivity index (χ2v) is 6.05. The van der Waals surface area contributed by atoms with Crippen molar-refractivity contribution in [2.45, 2.75) is 20.4 Å². The zero-order valence-corrected chi connectivity index (χ0v) is 13.1. The van der Waals surface area contributed by atoms with Crippen molar-refractivity contribution in [3.05, 3.63) is 46.6 Å². The minimum Gasteiger partial charge on any atom is -0.496 e. The van der Waals surface area contributed by atoms with E-state index in [-0.39, 0.29) is 0 Å². The van der Waals surface area contributed by atoms with Crippen LogP contribution < -0.4 is 10.1 Å². The average Bonchev–Trinajstić information content (AvgIpc) is 2.81. The van der Waals surface area contributed by atoms with Gasteiger partial charge in [-0.15, -0.1) is 11.3 Å². The van der Waals surface area contributed by atoms with Crippen LogP contribution in [0.15, 0.2) is 30.6 Å². The number of aryl methyl sites for hydroxylation is 2. The monoisotopic (exact) mass is 299 g/mol. The molecule has 3 rings (SSSR count). The Morgan fingerprint density at radius 3 is 2.81 bits per heavy atom. The number of thiophene rings is 1. The van der Waals surface area contributed by atoms with Gasteiger partial charge in [0.1, 0.15) is 22.7 Å². The highest BCUT2D eigenvalue weighted by atomic mass is 32.1. The lowest BCUT2D eigenvalue weighted by Gasteiger charge is -2.10. The number of anilines is 1. The molecule has 0 saturated carbocycles.